The van der Waals surface area contributed by atoms with Gasteiger partial charge in [-0.1, -0.05) is 13.0 Å². The van der Waals surface area contributed by atoms with Crippen molar-refractivity contribution in [2.45, 2.75) is 45.3 Å². The molecule has 2 unspecified atom stereocenters. The second kappa shape index (κ2) is 8.16. The number of hydrogen-bond donors (Lipinski definition) is 1. The number of anilines is 1. The molecular weight excluding hydrogens is 328 g/mol. The smallest absolute Gasteiger partial charge is 0.0750 e. The number of nitrogens with one attached hydrogen (secondary N) is 1. The zero-order chi connectivity index (χ0) is 15.2. The van der Waals surface area contributed by atoms with Crippen LogP contribution in [0.5, 0.6) is 0 Å². The number of rotatable bonds is 7. The van der Waals surface area contributed by atoms with Crippen molar-refractivity contribution in [1.82, 2.24) is 5.32 Å². The summed E-state index contributed by atoms with van der Waals surface area (Å²) >= 11 is 3.72. The zero-order valence-electron chi connectivity index (χ0n) is 13.4. The molecule has 0 saturated carbocycles. The molecule has 118 valence electrons. The third-order valence-electron chi connectivity index (χ3n) is 4.08. The molecule has 1 fully saturated rings. The fourth-order valence-electron chi connectivity index (χ4n) is 2.77. The molecule has 0 amide bonds. The molecule has 0 aromatic heterocycles. The van der Waals surface area contributed by atoms with Crippen molar-refractivity contribution in [3.05, 3.63) is 28.2 Å². The monoisotopic (exact) mass is 354 g/mol. The summed E-state index contributed by atoms with van der Waals surface area (Å²) in [5, 5.41) is 3.53. The van der Waals surface area contributed by atoms with Gasteiger partial charge in [0.1, 0.15) is 0 Å². The highest BCUT2D eigenvalue weighted by molar-refractivity contribution is 9.10. The van der Waals surface area contributed by atoms with E-state index in [0.717, 1.165) is 30.6 Å². The second-order valence-corrected chi connectivity index (χ2v) is 6.76. The number of halogens is 1. The van der Waals surface area contributed by atoms with Crippen LogP contribution in [-0.2, 0) is 4.74 Å². The van der Waals surface area contributed by atoms with E-state index < -0.39 is 0 Å². The van der Waals surface area contributed by atoms with Crippen molar-refractivity contribution in [2.24, 2.45) is 0 Å². The Balaban J connectivity index is 2.00. The van der Waals surface area contributed by atoms with Gasteiger partial charge in [-0.2, -0.15) is 0 Å². The first kappa shape index (κ1) is 16.8. The van der Waals surface area contributed by atoms with E-state index in [1.165, 1.54) is 24.1 Å². The predicted molar refractivity (Wildman–Crippen MR) is 93.1 cm³/mol. The summed E-state index contributed by atoms with van der Waals surface area (Å²) < 4.78 is 6.88. The highest BCUT2D eigenvalue weighted by Gasteiger charge is 2.19. The highest BCUT2D eigenvalue weighted by Crippen LogP contribution is 2.29. The number of likely N-dealkylation sites (N-methyl/N-ethyl adjacent to an activating group) is 1. The topological polar surface area (TPSA) is 24.5 Å². The largest absolute Gasteiger partial charge is 0.376 e. The first-order valence-corrected chi connectivity index (χ1v) is 8.76. The average molecular weight is 355 g/mol. The van der Waals surface area contributed by atoms with Gasteiger partial charge in [0.25, 0.3) is 0 Å². The van der Waals surface area contributed by atoms with Gasteiger partial charge in [-0.15, -0.1) is 0 Å². The van der Waals surface area contributed by atoms with Crippen molar-refractivity contribution >= 4 is 21.6 Å². The molecule has 1 aliphatic heterocycles. The van der Waals surface area contributed by atoms with Crippen LogP contribution in [-0.4, -0.2) is 32.8 Å². The zero-order valence-corrected chi connectivity index (χ0v) is 14.9. The van der Waals surface area contributed by atoms with Crippen molar-refractivity contribution in [3.8, 4) is 0 Å². The van der Waals surface area contributed by atoms with Gasteiger partial charge in [0.15, 0.2) is 0 Å². The van der Waals surface area contributed by atoms with Crippen LogP contribution in [0.2, 0.25) is 0 Å². The number of benzene rings is 1. The normalized spacial score (nSPS) is 19.7. The molecule has 2 rings (SSSR count). The molecule has 1 N–H and O–H groups in total. The van der Waals surface area contributed by atoms with Crippen LogP contribution >= 0.6 is 15.9 Å². The van der Waals surface area contributed by atoms with E-state index in [2.05, 4.69) is 65.2 Å². The SMILES string of the molecule is CCCNC(C)c1ccc(N(C)CC2CCCO2)c(Br)c1. The highest BCUT2D eigenvalue weighted by atomic mass is 79.9. The van der Waals surface area contributed by atoms with E-state index in [-0.39, 0.29) is 0 Å². The first-order chi connectivity index (χ1) is 10.1. The number of hydrogen-bond acceptors (Lipinski definition) is 3. The molecule has 2 atom stereocenters. The van der Waals surface area contributed by atoms with Gasteiger partial charge in [-0.3, -0.25) is 0 Å². The van der Waals surface area contributed by atoms with Crippen LogP contribution in [0.3, 0.4) is 0 Å². The van der Waals surface area contributed by atoms with E-state index in [4.69, 9.17) is 4.74 Å². The summed E-state index contributed by atoms with van der Waals surface area (Å²) in [5.41, 5.74) is 2.56. The molecule has 1 heterocycles. The van der Waals surface area contributed by atoms with E-state index in [1.54, 1.807) is 0 Å². The Hall–Kier alpha value is -0.580. The maximum Gasteiger partial charge on any atom is 0.0750 e. The molecule has 1 saturated heterocycles. The quantitative estimate of drug-likeness (QED) is 0.796. The summed E-state index contributed by atoms with van der Waals surface area (Å²) in [7, 11) is 2.14. The maximum atomic E-state index is 5.72. The van der Waals surface area contributed by atoms with Gasteiger partial charge in [0.05, 0.1) is 11.8 Å². The summed E-state index contributed by atoms with van der Waals surface area (Å²) in [6.45, 7) is 7.34. The van der Waals surface area contributed by atoms with E-state index in [0.29, 0.717) is 12.1 Å². The van der Waals surface area contributed by atoms with E-state index in [1.807, 2.05) is 0 Å². The van der Waals surface area contributed by atoms with Crippen LogP contribution < -0.4 is 10.2 Å². The summed E-state index contributed by atoms with van der Waals surface area (Å²) in [6, 6.07) is 7.05. The molecule has 21 heavy (non-hydrogen) atoms. The van der Waals surface area contributed by atoms with Crippen LogP contribution in [0.15, 0.2) is 22.7 Å². The van der Waals surface area contributed by atoms with Crippen LogP contribution in [0.25, 0.3) is 0 Å². The van der Waals surface area contributed by atoms with Gasteiger partial charge in [0.2, 0.25) is 0 Å². The van der Waals surface area contributed by atoms with E-state index in [9.17, 15) is 0 Å². The Bertz CT molecular complexity index is 446. The Morgan fingerprint density at radius 1 is 1.48 bits per heavy atom. The lowest BCUT2D eigenvalue weighted by molar-refractivity contribution is 0.116. The van der Waals surface area contributed by atoms with E-state index >= 15 is 0 Å². The van der Waals surface area contributed by atoms with Gasteiger partial charge in [-0.05, 0) is 66.4 Å². The third-order valence-corrected chi connectivity index (χ3v) is 4.72. The van der Waals surface area contributed by atoms with Gasteiger partial charge >= 0.3 is 0 Å². The number of nitrogens with zero attached hydrogens (tertiary/aromatic N) is 1. The minimum atomic E-state index is 0.381. The lowest BCUT2D eigenvalue weighted by Gasteiger charge is -2.25. The fraction of sp³-hybridized carbons (Fsp3) is 0.647. The van der Waals surface area contributed by atoms with Gasteiger partial charge in [0, 0.05) is 30.7 Å². The fourth-order valence-corrected chi connectivity index (χ4v) is 3.47. The third kappa shape index (κ3) is 4.70. The average Bonchev–Trinajstić information content (AvgIpc) is 2.97. The molecule has 4 heteroatoms. The molecule has 0 aliphatic carbocycles. The number of ether oxygens (including phenoxy) is 1. The van der Waals surface area contributed by atoms with Crippen molar-refractivity contribution in [2.75, 3.05) is 31.6 Å². The van der Waals surface area contributed by atoms with Crippen molar-refractivity contribution < 1.29 is 4.74 Å². The molecule has 0 bridgehead atoms. The summed E-state index contributed by atoms with van der Waals surface area (Å²) in [4.78, 5) is 2.29. The van der Waals surface area contributed by atoms with Crippen molar-refractivity contribution in [1.29, 1.82) is 0 Å². The lowest BCUT2D eigenvalue weighted by Crippen LogP contribution is -2.28. The lowest BCUT2D eigenvalue weighted by atomic mass is 10.1. The van der Waals surface area contributed by atoms with Gasteiger partial charge < -0.3 is 15.0 Å². The minimum absolute atomic E-state index is 0.381. The Labute approximate surface area is 137 Å². The molecule has 0 radical (unpaired) electrons. The first-order valence-electron chi connectivity index (χ1n) is 7.97. The molecule has 1 aromatic rings. The molecular formula is C17H27BrN2O. The second-order valence-electron chi connectivity index (χ2n) is 5.90. The maximum absolute atomic E-state index is 5.72. The predicted octanol–water partition coefficient (Wildman–Crippen LogP) is 4.12. The minimum Gasteiger partial charge on any atom is -0.376 e. The molecule has 3 nitrogen and oxygen atoms in total. The van der Waals surface area contributed by atoms with Gasteiger partial charge in [-0.25, -0.2) is 0 Å². The van der Waals surface area contributed by atoms with Crippen molar-refractivity contribution in [3.63, 3.8) is 0 Å². The van der Waals surface area contributed by atoms with Crippen LogP contribution in [0.1, 0.15) is 44.7 Å². The molecule has 1 aliphatic rings. The Kier molecular flexibility index (Phi) is 6.52. The summed E-state index contributed by atoms with van der Waals surface area (Å²) in [5.74, 6) is 0. The summed E-state index contributed by atoms with van der Waals surface area (Å²) in [6.07, 6.45) is 3.91. The Morgan fingerprint density at radius 3 is 2.90 bits per heavy atom. The standard InChI is InChI=1S/C17H27BrN2O/c1-4-9-19-13(2)14-7-8-17(16(18)11-14)20(3)12-15-6-5-10-21-15/h7-8,11,13,15,19H,4-6,9-10,12H2,1-3H3. The molecule has 0 spiro atoms. The Morgan fingerprint density at radius 2 is 2.29 bits per heavy atom. The van der Waals surface area contributed by atoms with Crippen LogP contribution in [0, 0.1) is 0 Å². The van der Waals surface area contributed by atoms with Crippen LogP contribution in [0.4, 0.5) is 5.69 Å². The molecule has 1 aromatic carbocycles.